The minimum absolute atomic E-state index is 0.166. The SMILES string of the molecule is CCOC(=O)c1ccc(NC(=O)CSc2nnc(-c3ccncc3)n2CCc2ccccc2)cc1. The van der Waals surface area contributed by atoms with Gasteiger partial charge in [0.25, 0.3) is 0 Å². The highest BCUT2D eigenvalue weighted by atomic mass is 32.2. The van der Waals surface area contributed by atoms with Crippen LogP contribution in [0.4, 0.5) is 5.69 Å². The fourth-order valence-electron chi connectivity index (χ4n) is 3.43. The average Bonchev–Trinajstić information content (AvgIpc) is 3.30. The Morgan fingerprint density at radius 1 is 0.971 bits per heavy atom. The number of nitrogens with zero attached hydrogens (tertiary/aromatic N) is 4. The van der Waals surface area contributed by atoms with Crippen LogP contribution in [0, 0.1) is 0 Å². The molecule has 0 saturated carbocycles. The lowest BCUT2D eigenvalue weighted by atomic mass is 10.1. The second kappa shape index (κ2) is 11.9. The van der Waals surface area contributed by atoms with Gasteiger partial charge in [-0.25, -0.2) is 4.79 Å². The van der Waals surface area contributed by atoms with Crippen LogP contribution < -0.4 is 5.32 Å². The third-order valence-electron chi connectivity index (χ3n) is 5.13. The van der Waals surface area contributed by atoms with Crippen LogP contribution in [-0.2, 0) is 22.5 Å². The first-order chi connectivity index (χ1) is 17.1. The number of rotatable bonds is 10. The number of ether oxygens (including phenoxy) is 1. The number of esters is 1. The van der Waals surface area contributed by atoms with Crippen LogP contribution in [-0.4, -0.2) is 44.0 Å². The molecule has 2 heterocycles. The van der Waals surface area contributed by atoms with Crippen LogP contribution in [0.2, 0.25) is 0 Å². The molecule has 0 atom stereocenters. The van der Waals surface area contributed by atoms with Gasteiger partial charge < -0.3 is 14.6 Å². The first-order valence-corrected chi connectivity index (χ1v) is 12.2. The molecule has 0 fully saturated rings. The molecule has 0 aliphatic heterocycles. The molecule has 0 aliphatic rings. The van der Waals surface area contributed by atoms with Crippen molar-refractivity contribution < 1.29 is 14.3 Å². The van der Waals surface area contributed by atoms with Crippen LogP contribution in [0.15, 0.2) is 84.3 Å². The number of hydrogen-bond acceptors (Lipinski definition) is 7. The molecule has 35 heavy (non-hydrogen) atoms. The van der Waals surface area contributed by atoms with Gasteiger partial charge in [0, 0.05) is 30.2 Å². The van der Waals surface area contributed by atoms with Crippen molar-refractivity contribution in [1.29, 1.82) is 0 Å². The lowest BCUT2D eigenvalue weighted by molar-refractivity contribution is -0.113. The quantitative estimate of drug-likeness (QED) is 0.260. The maximum absolute atomic E-state index is 12.6. The van der Waals surface area contributed by atoms with Gasteiger partial charge in [0.1, 0.15) is 0 Å². The van der Waals surface area contributed by atoms with Gasteiger partial charge in [0.05, 0.1) is 17.9 Å². The fourth-order valence-corrected chi connectivity index (χ4v) is 4.19. The van der Waals surface area contributed by atoms with E-state index < -0.39 is 0 Å². The van der Waals surface area contributed by atoms with Gasteiger partial charge in [-0.1, -0.05) is 42.1 Å². The van der Waals surface area contributed by atoms with E-state index in [1.165, 1.54) is 17.3 Å². The third-order valence-corrected chi connectivity index (χ3v) is 6.10. The van der Waals surface area contributed by atoms with Crippen molar-refractivity contribution in [3.8, 4) is 11.4 Å². The molecule has 1 N–H and O–H groups in total. The molecule has 2 aromatic heterocycles. The van der Waals surface area contributed by atoms with Crippen molar-refractivity contribution >= 4 is 29.3 Å². The highest BCUT2D eigenvalue weighted by Crippen LogP contribution is 2.24. The molecular weight excluding hydrogens is 462 g/mol. The molecule has 4 aromatic rings. The Kier molecular flexibility index (Phi) is 8.24. The molecule has 8 nitrogen and oxygen atoms in total. The van der Waals surface area contributed by atoms with Gasteiger partial charge in [-0.2, -0.15) is 0 Å². The predicted molar refractivity (Wildman–Crippen MR) is 135 cm³/mol. The average molecular weight is 488 g/mol. The van der Waals surface area contributed by atoms with Crippen LogP contribution in [0.3, 0.4) is 0 Å². The number of aromatic nitrogens is 4. The number of benzene rings is 2. The summed E-state index contributed by atoms with van der Waals surface area (Å²) in [6.45, 7) is 2.74. The first-order valence-electron chi connectivity index (χ1n) is 11.2. The Hall–Kier alpha value is -3.98. The maximum atomic E-state index is 12.6. The summed E-state index contributed by atoms with van der Waals surface area (Å²) in [7, 11) is 0. The molecule has 0 aliphatic carbocycles. The number of amides is 1. The Bertz CT molecular complexity index is 1260. The van der Waals surface area contributed by atoms with E-state index in [0.717, 1.165) is 17.8 Å². The normalized spacial score (nSPS) is 10.7. The van der Waals surface area contributed by atoms with Gasteiger partial charge >= 0.3 is 5.97 Å². The number of nitrogens with one attached hydrogen (secondary N) is 1. The Morgan fingerprint density at radius 3 is 2.43 bits per heavy atom. The lowest BCUT2D eigenvalue weighted by Crippen LogP contribution is -2.15. The van der Waals surface area contributed by atoms with Crippen molar-refractivity contribution in [1.82, 2.24) is 19.7 Å². The molecule has 178 valence electrons. The van der Waals surface area contributed by atoms with Gasteiger partial charge in [-0.15, -0.1) is 10.2 Å². The summed E-state index contributed by atoms with van der Waals surface area (Å²) in [4.78, 5) is 28.5. The standard InChI is InChI=1S/C26H25N5O3S/c1-2-34-25(33)21-8-10-22(11-9-21)28-23(32)18-35-26-30-29-24(20-12-15-27-16-13-20)31(26)17-14-19-6-4-3-5-7-19/h3-13,15-16H,2,14,17-18H2,1H3,(H,28,32). The zero-order valence-corrected chi connectivity index (χ0v) is 20.1. The predicted octanol–water partition coefficient (Wildman–Crippen LogP) is 4.49. The number of carbonyl (C=O) groups excluding carboxylic acids is 2. The fraction of sp³-hybridized carbons (Fsp3) is 0.192. The van der Waals surface area contributed by atoms with Crippen molar-refractivity contribution in [2.75, 3.05) is 17.7 Å². The summed E-state index contributed by atoms with van der Waals surface area (Å²) in [6.07, 6.45) is 4.25. The number of pyridine rings is 1. The van der Waals surface area contributed by atoms with Crippen molar-refractivity contribution in [2.24, 2.45) is 0 Å². The summed E-state index contributed by atoms with van der Waals surface area (Å²) in [6, 6.07) is 20.6. The van der Waals surface area contributed by atoms with E-state index in [1.807, 2.05) is 34.9 Å². The van der Waals surface area contributed by atoms with E-state index in [9.17, 15) is 9.59 Å². The largest absolute Gasteiger partial charge is 0.462 e. The molecule has 0 saturated heterocycles. The molecule has 9 heteroatoms. The maximum Gasteiger partial charge on any atom is 0.338 e. The summed E-state index contributed by atoms with van der Waals surface area (Å²) in [5.74, 6) is 0.336. The Labute approximate surface area is 207 Å². The lowest BCUT2D eigenvalue weighted by Gasteiger charge is -2.11. The van der Waals surface area contributed by atoms with E-state index in [-0.39, 0.29) is 17.6 Å². The molecule has 0 spiro atoms. The van der Waals surface area contributed by atoms with E-state index in [4.69, 9.17) is 4.74 Å². The first kappa shape index (κ1) is 24.2. The van der Waals surface area contributed by atoms with Gasteiger partial charge in [-0.3, -0.25) is 9.78 Å². The van der Waals surface area contributed by atoms with Crippen LogP contribution in [0.25, 0.3) is 11.4 Å². The number of hydrogen-bond donors (Lipinski definition) is 1. The monoisotopic (exact) mass is 487 g/mol. The van der Waals surface area contributed by atoms with Crippen LogP contribution >= 0.6 is 11.8 Å². The zero-order valence-electron chi connectivity index (χ0n) is 19.3. The highest BCUT2D eigenvalue weighted by molar-refractivity contribution is 7.99. The van der Waals surface area contributed by atoms with Crippen LogP contribution in [0.5, 0.6) is 0 Å². The van der Waals surface area contributed by atoms with E-state index >= 15 is 0 Å². The second-order valence-corrected chi connectivity index (χ2v) is 8.51. The Morgan fingerprint density at radius 2 is 1.71 bits per heavy atom. The van der Waals surface area contributed by atoms with E-state index in [1.54, 1.807) is 43.6 Å². The summed E-state index contributed by atoms with van der Waals surface area (Å²) in [5.41, 5.74) is 3.17. The van der Waals surface area contributed by atoms with Crippen LogP contribution in [0.1, 0.15) is 22.8 Å². The second-order valence-electron chi connectivity index (χ2n) is 7.56. The number of carbonyl (C=O) groups is 2. The molecule has 0 radical (unpaired) electrons. The summed E-state index contributed by atoms with van der Waals surface area (Å²) >= 11 is 1.33. The Balaban J connectivity index is 1.43. The summed E-state index contributed by atoms with van der Waals surface area (Å²) < 4.78 is 7.02. The van der Waals surface area contributed by atoms with Crippen molar-refractivity contribution in [3.63, 3.8) is 0 Å². The molecule has 0 bridgehead atoms. The minimum Gasteiger partial charge on any atom is -0.462 e. The zero-order chi connectivity index (χ0) is 24.5. The summed E-state index contributed by atoms with van der Waals surface area (Å²) in [5, 5.41) is 12.3. The molecule has 4 rings (SSSR count). The minimum atomic E-state index is -0.388. The van der Waals surface area contributed by atoms with E-state index in [0.29, 0.717) is 29.6 Å². The van der Waals surface area contributed by atoms with Crippen molar-refractivity contribution in [2.45, 2.75) is 25.0 Å². The number of aryl methyl sites for hydroxylation is 1. The molecule has 2 aromatic carbocycles. The topological polar surface area (TPSA) is 99.0 Å². The third kappa shape index (κ3) is 6.54. The number of anilines is 1. The molecule has 1 amide bonds. The highest BCUT2D eigenvalue weighted by Gasteiger charge is 2.16. The van der Waals surface area contributed by atoms with E-state index in [2.05, 4.69) is 32.6 Å². The van der Waals surface area contributed by atoms with Gasteiger partial charge in [0.15, 0.2) is 11.0 Å². The van der Waals surface area contributed by atoms with Gasteiger partial charge in [0.2, 0.25) is 5.91 Å². The van der Waals surface area contributed by atoms with Gasteiger partial charge in [-0.05, 0) is 55.3 Å². The number of thioether (sulfide) groups is 1. The molecular formula is C26H25N5O3S. The van der Waals surface area contributed by atoms with Crippen molar-refractivity contribution in [3.05, 3.63) is 90.3 Å². The smallest absolute Gasteiger partial charge is 0.338 e. The molecule has 0 unspecified atom stereocenters.